The highest BCUT2D eigenvalue weighted by Crippen LogP contribution is 2.23. The number of anilines is 1. The molecule has 0 saturated carbocycles. The minimum absolute atomic E-state index is 0.0298. The maximum atomic E-state index is 11.7. The summed E-state index contributed by atoms with van der Waals surface area (Å²) in [5.74, 6) is 0.0298. The van der Waals surface area contributed by atoms with E-state index in [2.05, 4.69) is 17.6 Å². The lowest BCUT2D eigenvalue weighted by Gasteiger charge is -2.23. The molecule has 0 spiro atoms. The van der Waals surface area contributed by atoms with E-state index in [0.29, 0.717) is 13.1 Å². The van der Waals surface area contributed by atoms with Crippen molar-refractivity contribution < 1.29 is 4.79 Å². The van der Waals surface area contributed by atoms with Gasteiger partial charge in [-0.05, 0) is 38.1 Å². The largest absolute Gasteiger partial charge is 0.362 e. The molecule has 0 heterocycles. The third-order valence-electron chi connectivity index (χ3n) is 3.06. The summed E-state index contributed by atoms with van der Waals surface area (Å²) in [7, 11) is 0. The molecule has 20 heavy (non-hydrogen) atoms. The van der Waals surface area contributed by atoms with Crippen LogP contribution in [0, 0.1) is 0 Å². The molecule has 0 bridgehead atoms. The Bertz CT molecular complexity index is 437. The average molecular weight is 298 g/mol. The molecule has 4 nitrogen and oxygen atoms in total. The second kappa shape index (κ2) is 8.82. The first-order valence-corrected chi connectivity index (χ1v) is 7.50. The molecular weight excluding hydrogens is 274 g/mol. The molecule has 0 radical (unpaired) electrons. The minimum atomic E-state index is 0.0298. The van der Waals surface area contributed by atoms with Crippen LogP contribution < -0.4 is 15.5 Å². The van der Waals surface area contributed by atoms with E-state index in [1.807, 2.05) is 36.9 Å². The predicted octanol–water partition coefficient (Wildman–Crippen LogP) is 2.41. The number of rotatable bonds is 8. The van der Waals surface area contributed by atoms with Crippen LogP contribution in [-0.4, -0.2) is 32.1 Å². The Kier molecular flexibility index (Phi) is 7.41. The highest BCUT2D eigenvalue weighted by molar-refractivity contribution is 6.31. The zero-order valence-electron chi connectivity index (χ0n) is 12.5. The van der Waals surface area contributed by atoms with Gasteiger partial charge >= 0.3 is 0 Å². The van der Waals surface area contributed by atoms with Gasteiger partial charge in [0.05, 0.1) is 6.54 Å². The standard InChI is InChI=1S/C15H24ClN3O/c1-4-17-10-12-7-8-13(9-14(12)16)19(6-3)11-15(20)18-5-2/h7-9,17H,4-6,10-11H2,1-3H3,(H,18,20). The summed E-state index contributed by atoms with van der Waals surface area (Å²) in [5.41, 5.74) is 2.05. The molecule has 0 atom stereocenters. The fourth-order valence-electron chi connectivity index (χ4n) is 1.95. The van der Waals surface area contributed by atoms with E-state index >= 15 is 0 Å². The van der Waals surface area contributed by atoms with E-state index in [-0.39, 0.29) is 5.91 Å². The number of hydrogen-bond donors (Lipinski definition) is 2. The molecule has 0 aliphatic rings. The van der Waals surface area contributed by atoms with Crippen molar-refractivity contribution in [2.24, 2.45) is 0 Å². The summed E-state index contributed by atoms with van der Waals surface area (Å²) in [5, 5.41) is 6.80. The third-order valence-corrected chi connectivity index (χ3v) is 3.41. The van der Waals surface area contributed by atoms with Crippen LogP contribution in [0.2, 0.25) is 5.02 Å². The van der Waals surface area contributed by atoms with Crippen LogP contribution in [-0.2, 0) is 11.3 Å². The Morgan fingerprint density at radius 3 is 2.55 bits per heavy atom. The molecule has 0 unspecified atom stereocenters. The Morgan fingerprint density at radius 1 is 1.25 bits per heavy atom. The molecule has 0 aliphatic carbocycles. The first-order chi connectivity index (χ1) is 9.62. The van der Waals surface area contributed by atoms with E-state index in [1.165, 1.54) is 0 Å². The summed E-state index contributed by atoms with van der Waals surface area (Å²) in [6.07, 6.45) is 0. The molecule has 1 rings (SSSR count). The number of halogens is 1. The monoisotopic (exact) mass is 297 g/mol. The Labute approximate surface area is 126 Å². The van der Waals surface area contributed by atoms with Crippen LogP contribution in [0.15, 0.2) is 18.2 Å². The van der Waals surface area contributed by atoms with Crippen molar-refractivity contribution in [2.45, 2.75) is 27.3 Å². The van der Waals surface area contributed by atoms with Crippen molar-refractivity contribution in [1.29, 1.82) is 0 Å². The number of nitrogens with one attached hydrogen (secondary N) is 2. The van der Waals surface area contributed by atoms with Crippen LogP contribution in [0.5, 0.6) is 0 Å². The first-order valence-electron chi connectivity index (χ1n) is 7.13. The van der Waals surface area contributed by atoms with Gasteiger partial charge in [0.15, 0.2) is 0 Å². The summed E-state index contributed by atoms with van der Waals surface area (Å²) in [6, 6.07) is 5.96. The summed E-state index contributed by atoms with van der Waals surface area (Å²) in [6.45, 7) is 9.45. The lowest BCUT2D eigenvalue weighted by molar-refractivity contribution is -0.119. The zero-order chi connectivity index (χ0) is 15.0. The minimum Gasteiger partial charge on any atom is -0.362 e. The van der Waals surface area contributed by atoms with Gasteiger partial charge in [0, 0.05) is 30.3 Å². The number of carbonyl (C=O) groups excluding carboxylic acids is 1. The third kappa shape index (κ3) is 5.02. The topological polar surface area (TPSA) is 44.4 Å². The van der Waals surface area contributed by atoms with E-state index in [0.717, 1.165) is 35.9 Å². The van der Waals surface area contributed by atoms with Crippen molar-refractivity contribution in [3.8, 4) is 0 Å². The fourth-order valence-corrected chi connectivity index (χ4v) is 2.19. The van der Waals surface area contributed by atoms with Crippen LogP contribution in [0.4, 0.5) is 5.69 Å². The van der Waals surface area contributed by atoms with Gasteiger partial charge in [-0.25, -0.2) is 0 Å². The number of amides is 1. The average Bonchev–Trinajstić information content (AvgIpc) is 2.43. The van der Waals surface area contributed by atoms with Crippen LogP contribution in [0.1, 0.15) is 26.3 Å². The van der Waals surface area contributed by atoms with Crippen molar-refractivity contribution in [3.05, 3.63) is 28.8 Å². The van der Waals surface area contributed by atoms with Gasteiger partial charge in [-0.15, -0.1) is 0 Å². The quantitative estimate of drug-likeness (QED) is 0.774. The summed E-state index contributed by atoms with van der Waals surface area (Å²) >= 11 is 6.30. The van der Waals surface area contributed by atoms with Crippen molar-refractivity contribution in [3.63, 3.8) is 0 Å². The highest BCUT2D eigenvalue weighted by atomic mass is 35.5. The van der Waals surface area contributed by atoms with E-state index in [4.69, 9.17) is 11.6 Å². The molecule has 2 N–H and O–H groups in total. The van der Waals surface area contributed by atoms with E-state index < -0.39 is 0 Å². The highest BCUT2D eigenvalue weighted by Gasteiger charge is 2.11. The zero-order valence-corrected chi connectivity index (χ0v) is 13.3. The number of benzene rings is 1. The van der Waals surface area contributed by atoms with Crippen molar-refractivity contribution in [2.75, 3.05) is 31.1 Å². The Balaban J connectivity index is 2.78. The maximum Gasteiger partial charge on any atom is 0.239 e. The van der Waals surface area contributed by atoms with E-state index in [1.54, 1.807) is 0 Å². The Morgan fingerprint density at radius 2 is 2.00 bits per heavy atom. The lowest BCUT2D eigenvalue weighted by atomic mass is 10.2. The van der Waals surface area contributed by atoms with Crippen LogP contribution >= 0.6 is 11.6 Å². The van der Waals surface area contributed by atoms with Crippen molar-refractivity contribution >= 4 is 23.2 Å². The molecule has 0 aromatic heterocycles. The number of carbonyl (C=O) groups is 1. The fraction of sp³-hybridized carbons (Fsp3) is 0.533. The van der Waals surface area contributed by atoms with Crippen LogP contribution in [0.25, 0.3) is 0 Å². The van der Waals surface area contributed by atoms with Gasteiger partial charge < -0.3 is 15.5 Å². The molecular formula is C15H24ClN3O. The summed E-state index contributed by atoms with van der Waals surface area (Å²) < 4.78 is 0. The second-order valence-corrected chi connectivity index (χ2v) is 4.93. The van der Waals surface area contributed by atoms with Crippen LogP contribution in [0.3, 0.4) is 0 Å². The molecule has 1 amide bonds. The Hall–Kier alpha value is -1.26. The number of nitrogens with zero attached hydrogens (tertiary/aromatic N) is 1. The smallest absolute Gasteiger partial charge is 0.239 e. The van der Waals surface area contributed by atoms with Gasteiger partial charge in [0.2, 0.25) is 5.91 Å². The van der Waals surface area contributed by atoms with Gasteiger partial charge in [-0.1, -0.05) is 24.6 Å². The molecule has 5 heteroatoms. The second-order valence-electron chi connectivity index (χ2n) is 4.52. The van der Waals surface area contributed by atoms with E-state index in [9.17, 15) is 4.79 Å². The number of hydrogen-bond acceptors (Lipinski definition) is 3. The maximum absolute atomic E-state index is 11.7. The first kappa shape index (κ1) is 16.8. The molecule has 0 saturated heterocycles. The lowest BCUT2D eigenvalue weighted by Crippen LogP contribution is -2.37. The molecule has 0 aliphatic heterocycles. The summed E-state index contributed by atoms with van der Waals surface area (Å²) in [4.78, 5) is 13.7. The van der Waals surface area contributed by atoms with Crippen molar-refractivity contribution in [1.82, 2.24) is 10.6 Å². The molecule has 0 fully saturated rings. The normalized spacial score (nSPS) is 10.4. The van der Waals surface area contributed by atoms with Gasteiger partial charge in [-0.3, -0.25) is 4.79 Å². The number of likely N-dealkylation sites (N-methyl/N-ethyl adjacent to an activating group) is 2. The molecule has 112 valence electrons. The predicted molar refractivity (Wildman–Crippen MR) is 85.4 cm³/mol. The van der Waals surface area contributed by atoms with Gasteiger partial charge in [0.25, 0.3) is 0 Å². The molecule has 1 aromatic rings. The van der Waals surface area contributed by atoms with Gasteiger partial charge in [0.1, 0.15) is 0 Å². The SMILES string of the molecule is CCNCc1ccc(N(CC)CC(=O)NCC)cc1Cl. The van der Waals surface area contributed by atoms with Gasteiger partial charge in [-0.2, -0.15) is 0 Å². The molecule has 1 aromatic carbocycles.